The van der Waals surface area contributed by atoms with E-state index in [1.165, 1.54) is 19.1 Å². The molecule has 0 amide bonds. The Morgan fingerprint density at radius 2 is 1.88 bits per heavy atom. The maximum Gasteiger partial charge on any atom is 0.272 e. The summed E-state index contributed by atoms with van der Waals surface area (Å²) < 4.78 is 51.2. The van der Waals surface area contributed by atoms with Crippen molar-refractivity contribution in [3.63, 3.8) is 0 Å². The van der Waals surface area contributed by atoms with Crippen LogP contribution in [-0.4, -0.2) is 21.5 Å². The Kier molecular flexibility index (Phi) is 4.05. The highest BCUT2D eigenvalue weighted by molar-refractivity contribution is 7.89. The summed E-state index contributed by atoms with van der Waals surface area (Å²) in [4.78, 5) is -0.0283. The van der Waals surface area contributed by atoms with Crippen LogP contribution in [0.15, 0.2) is 17.0 Å². The number of nitrogens with two attached hydrogens (primary N) is 1. The van der Waals surface area contributed by atoms with Crippen molar-refractivity contribution < 1.29 is 21.9 Å². The van der Waals surface area contributed by atoms with Gasteiger partial charge in [0.05, 0.1) is 4.90 Å². The average Bonchev–Trinajstić information content (AvgIpc) is 2.17. The number of sulfonamides is 1. The maximum absolute atomic E-state index is 12.0. The molecule has 4 nitrogen and oxygen atoms in total. The summed E-state index contributed by atoms with van der Waals surface area (Å²) in [5.41, 5.74) is 0.808. The van der Waals surface area contributed by atoms with Crippen LogP contribution in [0.25, 0.3) is 0 Å². The number of primary sulfonamides is 1. The number of hydrogen-bond donors (Lipinski definition) is 1. The third kappa shape index (κ3) is 3.64. The third-order valence-corrected chi connectivity index (χ3v) is 3.20. The molecule has 0 heterocycles. The number of halogens is 2. The first kappa shape index (κ1) is 13.9. The van der Waals surface area contributed by atoms with Crippen molar-refractivity contribution in [1.29, 1.82) is 0 Å². The van der Waals surface area contributed by atoms with Gasteiger partial charge in [-0.1, -0.05) is 0 Å². The zero-order chi connectivity index (χ0) is 13.2. The summed E-state index contributed by atoms with van der Waals surface area (Å²) in [6.45, 7) is 2.36. The number of benzene rings is 1. The quantitative estimate of drug-likeness (QED) is 0.898. The minimum atomic E-state index is -3.81. The van der Waals surface area contributed by atoms with Crippen LogP contribution < -0.4 is 9.88 Å². The first-order valence-electron chi connectivity index (χ1n) is 4.77. The van der Waals surface area contributed by atoms with Crippen molar-refractivity contribution in [3.05, 3.63) is 23.3 Å². The van der Waals surface area contributed by atoms with E-state index in [-0.39, 0.29) is 10.6 Å². The molecule has 0 radical (unpaired) electrons. The van der Waals surface area contributed by atoms with Gasteiger partial charge in [0.1, 0.15) is 12.4 Å². The normalized spacial score (nSPS) is 11.9. The van der Waals surface area contributed by atoms with Crippen LogP contribution >= 0.6 is 0 Å². The van der Waals surface area contributed by atoms with Crippen molar-refractivity contribution in [3.8, 4) is 5.75 Å². The van der Waals surface area contributed by atoms with Gasteiger partial charge in [-0.3, -0.25) is 0 Å². The molecule has 17 heavy (non-hydrogen) atoms. The fraction of sp³-hybridized carbons (Fsp3) is 0.400. The van der Waals surface area contributed by atoms with Crippen LogP contribution in [0.5, 0.6) is 5.75 Å². The van der Waals surface area contributed by atoms with Crippen LogP contribution in [-0.2, 0) is 10.0 Å². The van der Waals surface area contributed by atoms with Gasteiger partial charge in [0.2, 0.25) is 10.0 Å². The highest BCUT2D eigenvalue weighted by Crippen LogP contribution is 2.25. The molecule has 0 aliphatic rings. The number of rotatable bonds is 4. The SMILES string of the molecule is Cc1cc(S(N)(=O)=O)c(C)cc1OCC(F)F. The highest BCUT2D eigenvalue weighted by atomic mass is 32.2. The number of aryl methyl sites for hydroxylation is 2. The van der Waals surface area contributed by atoms with Gasteiger partial charge in [0.15, 0.2) is 0 Å². The van der Waals surface area contributed by atoms with Gasteiger partial charge >= 0.3 is 0 Å². The zero-order valence-corrected chi connectivity index (χ0v) is 10.2. The van der Waals surface area contributed by atoms with E-state index in [1.54, 1.807) is 6.92 Å². The smallest absolute Gasteiger partial charge is 0.272 e. The van der Waals surface area contributed by atoms with E-state index in [0.29, 0.717) is 11.1 Å². The molecule has 0 fully saturated rings. The van der Waals surface area contributed by atoms with Crippen molar-refractivity contribution in [2.75, 3.05) is 6.61 Å². The van der Waals surface area contributed by atoms with E-state index >= 15 is 0 Å². The van der Waals surface area contributed by atoms with Crippen LogP contribution in [0.1, 0.15) is 11.1 Å². The number of ether oxygens (including phenoxy) is 1. The van der Waals surface area contributed by atoms with Crippen molar-refractivity contribution in [1.82, 2.24) is 0 Å². The average molecular weight is 265 g/mol. The highest BCUT2D eigenvalue weighted by Gasteiger charge is 2.15. The number of alkyl halides is 2. The Hall–Kier alpha value is -1.21. The Morgan fingerprint density at radius 3 is 2.35 bits per heavy atom. The van der Waals surface area contributed by atoms with Crippen molar-refractivity contribution in [2.45, 2.75) is 25.2 Å². The first-order valence-corrected chi connectivity index (χ1v) is 6.31. The lowest BCUT2D eigenvalue weighted by atomic mass is 10.1. The molecule has 2 N–H and O–H groups in total. The van der Waals surface area contributed by atoms with E-state index in [0.717, 1.165) is 0 Å². The molecule has 0 aromatic heterocycles. The summed E-state index contributed by atoms with van der Waals surface area (Å²) in [7, 11) is -3.81. The van der Waals surface area contributed by atoms with Crippen LogP contribution in [0.2, 0.25) is 0 Å². The van der Waals surface area contributed by atoms with Gasteiger partial charge in [-0.2, -0.15) is 0 Å². The standard InChI is InChI=1S/C10H13F2NO3S/c1-6-4-9(17(13,14)15)7(2)3-8(6)16-5-10(11)12/h3-4,10H,5H2,1-2H3,(H2,13,14,15). The van der Waals surface area contributed by atoms with Gasteiger partial charge in [-0.25, -0.2) is 22.3 Å². The summed E-state index contributed by atoms with van der Waals surface area (Å²) in [5.74, 6) is 0.232. The zero-order valence-electron chi connectivity index (χ0n) is 9.41. The second-order valence-electron chi connectivity index (χ2n) is 3.63. The molecule has 0 spiro atoms. The summed E-state index contributed by atoms with van der Waals surface area (Å²) in [5, 5.41) is 5.01. The fourth-order valence-corrected chi connectivity index (χ4v) is 2.23. The lowest BCUT2D eigenvalue weighted by Gasteiger charge is -2.12. The molecular weight excluding hydrogens is 252 g/mol. The second kappa shape index (κ2) is 4.97. The van der Waals surface area contributed by atoms with Gasteiger partial charge in [-0.15, -0.1) is 0 Å². The molecule has 0 aliphatic heterocycles. The van der Waals surface area contributed by atoms with Crippen LogP contribution in [0, 0.1) is 13.8 Å². The van der Waals surface area contributed by atoms with Gasteiger partial charge in [-0.05, 0) is 37.1 Å². The molecule has 0 aliphatic carbocycles. The predicted octanol–water partition coefficient (Wildman–Crippen LogP) is 1.59. The van der Waals surface area contributed by atoms with Gasteiger partial charge in [0.25, 0.3) is 6.43 Å². The predicted molar refractivity (Wildman–Crippen MR) is 58.8 cm³/mol. The monoisotopic (exact) mass is 265 g/mol. The first-order chi connectivity index (χ1) is 7.71. The van der Waals surface area contributed by atoms with E-state index < -0.39 is 23.1 Å². The summed E-state index contributed by atoms with van der Waals surface area (Å²) in [6.07, 6.45) is -2.58. The molecule has 1 aromatic carbocycles. The summed E-state index contributed by atoms with van der Waals surface area (Å²) >= 11 is 0. The lowest BCUT2D eigenvalue weighted by molar-refractivity contribution is 0.0815. The van der Waals surface area contributed by atoms with Crippen molar-refractivity contribution >= 4 is 10.0 Å². The molecule has 7 heteroatoms. The molecule has 0 unspecified atom stereocenters. The molecule has 0 atom stereocenters. The molecular formula is C10H13F2NO3S. The van der Waals surface area contributed by atoms with Gasteiger partial charge < -0.3 is 4.74 Å². The van der Waals surface area contributed by atoms with E-state index in [1.807, 2.05) is 0 Å². The third-order valence-electron chi connectivity index (χ3n) is 2.14. The number of hydrogen-bond acceptors (Lipinski definition) is 3. The minimum absolute atomic E-state index is 0.0283. The molecule has 96 valence electrons. The Bertz CT molecular complexity index is 515. The molecule has 0 saturated carbocycles. The fourth-order valence-electron chi connectivity index (χ4n) is 1.38. The molecule has 0 saturated heterocycles. The molecule has 1 rings (SSSR count). The van der Waals surface area contributed by atoms with Gasteiger partial charge in [0, 0.05) is 0 Å². The second-order valence-corrected chi connectivity index (χ2v) is 5.16. The Balaban J connectivity index is 3.10. The molecule has 1 aromatic rings. The lowest BCUT2D eigenvalue weighted by Crippen LogP contribution is -2.14. The van der Waals surface area contributed by atoms with Crippen LogP contribution in [0.3, 0.4) is 0 Å². The van der Waals surface area contributed by atoms with E-state index in [4.69, 9.17) is 9.88 Å². The topological polar surface area (TPSA) is 69.4 Å². The van der Waals surface area contributed by atoms with E-state index in [2.05, 4.69) is 0 Å². The minimum Gasteiger partial charge on any atom is -0.487 e. The summed E-state index contributed by atoms with van der Waals surface area (Å²) in [6, 6.07) is 2.70. The Labute approximate surface area is 98.4 Å². The van der Waals surface area contributed by atoms with E-state index in [9.17, 15) is 17.2 Å². The largest absolute Gasteiger partial charge is 0.487 e. The Morgan fingerprint density at radius 1 is 1.29 bits per heavy atom. The molecule has 0 bridgehead atoms. The maximum atomic E-state index is 12.0. The van der Waals surface area contributed by atoms with Crippen molar-refractivity contribution in [2.24, 2.45) is 5.14 Å². The van der Waals surface area contributed by atoms with Crippen LogP contribution in [0.4, 0.5) is 8.78 Å².